The molecule has 2 aromatic carbocycles. The summed E-state index contributed by atoms with van der Waals surface area (Å²) in [6.07, 6.45) is 0. The number of aliphatic imine (C=N–C) groups is 1. The van der Waals surface area contributed by atoms with Crippen LogP contribution in [-0.4, -0.2) is 78.6 Å². The summed E-state index contributed by atoms with van der Waals surface area (Å²) in [5.41, 5.74) is 1.86. The van der Waals surface area contributed by atoms with E-state index in [9.17, 15) is 14.7 Å². The average Bonchev–Trinajstić information content (AvgIpc) is 2.82. The zero-order valence-corrected chi connectivity index (χ0v) is 20.0. The number of hydrogen-bond acceptors (Lipinski definition) is 5. The van der Waals surface area contributed by atoms with E-state index in [4.69, 9.17) is 9.73 Å². The summed E-state index contributed by atoms with van der Waals surface area (Å²) >= 11 is 0. The third-order valence-corrected chi connectivity index (χ3v) is 5.40. The van der Waals surface area contributed by atoms with Gasteiger partial charge in [0.15, 0.2) is 5.96 Å². The minimum atomic E-state index is -0.980. The third kappa shape index (κ3) is 7.48. The number of piperazine rings is 1. The van der Waals surface area contributed by atoms with Crippen molar-refractivity contribution in [3.63, 3.8) is 0 Å². The van der Waals surface area contributed by atoms with Crippen LogP contribution in [0.2, 0.25) is 0 Å². The van der Waals surface area contributed by atoms with E-state index in [1.807, 2.05) is 44.2 Å². The summed E-state index contributed by atoms with van der Waals surface area (Å²) in [5, 5.41) is 15.6. The van der Waals surface area contributed by atoms with Crippen LogP contribution in [0.4, 0.5) is 5.69 Å². The molecule has 0 aliphatic carbocycles. The molecule has 3 rings (SSSR count). The van der Waals surface area contributed by atoms with E-state index >= 15 is 0 Å². The van der Waals surface area contributed by atoms with Gasteiger partial charge in [-0.1, -0.05) is 18.2 Å². The Hall–Kier alpha value is -3.59. The van der Waals surface area contributed by atoms with Gasteiger partial charge in [0, 0.05) is 37.9 Å². The van der Waals surface area contributed by atoms with Gasteiger partial charge in [-0.15, -0.1) is 0 Å². The molecule has 0 bridgehead atoms. The highest BCUT2D eigenvalue weighted by Gasteiger charge is 2.22. The normalized spacial score (nSPS) is 14.7. The van der Waals surface area contributed by atoms with Gasteiger partial charge in [0.25, 0.3) is 0 Å². The molecule has 34 heavy (non-hydrogen) atoms. The van der Waals surface area contributed by atoms with Crippen LogP contribution in [0.25, 0.3) is 0 Å². The number of ether oxygens (including phenoxy) is 1. The fraction of sp³-hybridized carbons (Fsp3) is 0.400. The predicted molar refractivity (Wildman–Crippen MR) is 132 cm³/mol. The lowest BCUT2D eigenvalue weighted by Crippen LogP contribution is -2.53. The van der Waals surface area contributed by atoms with Crippen LogP contribution >= 0.6 is 0 Å². The fourth-order valence-corrected chi connectivity index (χ4v) is 3.70. The quantitative estimate of drug-likeness (QED) is 0.405. The molecule has 0 atom stereocenters. The number of nitrogens with zero attached hydrogens (tertiary/aromatic N) is 3. The van der Waals surface area contributed by atoms with Gasteiger partial charge in [0.2, 0.25) is 5.91 Å². The second-order valence-corrected chi connectivity index (χ2v) is 8.49. The number of rotatable bonds is 8. The Morgan fingerprint density at radius 3 is 2.50 bits per heavy atom. The standard InChI is InChI=1S/C25H33N5O4/c1-18(2)27-23(31)17-29-10-12-30(13-11-29)25(26-16-19-6-4-9-22(14-19)34-3)28-21-8-5-7-20(15-21)24(32)33/h4-9,14-15,18H,10-13,16-17H2,1-3H3,(H,26,28)(H,27,31)(H,32,33). The van der Waals surface area contributed by atoms with Crippen molar-refractivity contribution in [2.45, 2.75) is 26.4 Å². The van der Waals surface area contributed by atoms with Crippen LogP contribution in [0.3, 0.4) is 0 Å². The second-order valence-electron chi connectivity index (χ2n) is 8.49. The van der Waals surface area contributed by atoms with E-state index in [0.29, 0.717) is 37.8 Å². The summed E-state index contributed by atoms with van der Waals surface area (Å²) in [7, 11) is 1.63. The molecule has 2 aromatic rings. The first-order valence-electron chi connectivity index (χ1n) is 11.4. The number of aromatic carboxylic acids is 1. The molecular weight excluding hydrogens is 434 g/mol. The molecule has 0 radical (unpaired) electrons. The van der Waals surface area contributed by atoms with Crippen LogP contribution in [0, 0.1) is 0 Å². The highest BCUT2D eigenvalue weighted by molar-refractivity contribution is 5.96. The van der Waals surface area contributed by atoms with Crippen molar-refractivity contribution in [3.05, 3.63) is 59.7 Å². The smallest absolute Gasteiger partial charge is 0.335 e. The number of carboxylic acid groups (broad SMARTS) is 1. The van der Waals surface area contributed by atoms with Crippen molar-refractivity contribution < 1.29 is 19.4 Å². The van der Waals surface area contributed by atoms with E-state index < -0.39 is 5.97 Å². The first kappa shape index (κ1) is 25.0. The molecule has 1 fully saturated rings. The Balaban J connectivity index is 1.73. The molecule has 1 aliphatic heterocycles. The molecule has 0 aromatic heterocycles. The van der Waals surface area contributed by atoms with E-state index in [1.54, 1.807) is 25.3 Å². The van der Waals surface area contributed by atoms with Crippen molar-refractivity contribution in [3.8, 4) is 5.75 Å². The number of guanidine groups is 1. The van der Waals surface area contributed by atoms with Crippen LogP contribution in [0.1, 0.15) is 29.8 Å². The lowest BCUT2D eigenvalue weighted by Gasteiger charge is -2.36. The van der Waals surface area contributed by atoms with Gasteiger partial charge >= 0.3 is 5.97 Å². The van der Waals surface area contributed by atoms with Gasteiger partial charge < -0.3 is 25.4 Å². The number of carbonyl (C=O) groups excluding carboxylic acids is 1. The number of methoxy groups -OCH3 is 1. The van der Waals surface area contributed by atoms with E-state index in [2.05, 4.69) is 20.4 Å². The number of hydrogen-bond donors (Lipinski definition) is 3. The van der Waals surface area contributed by atoms with Crippen LogP contribution in [-0.2, 0) is 11.3 Å². The topological polar surface area (TPSA) is 106 Å². The van der Waals surface area contributed by atoms with Gasteiger partial charge in [-0.05, 0) is 49.7 Å². The van der Waals surface area contributed by atoms with Crippen LogP contribution in [0.15, 0.2) is 53.5 Å². The molecule has 9 heteroatoms. The van der Waals surface area contributed by atoms with Crippen molar-refractivity contribution in [1.82, 2.24) is 15.1 Å². The minimum Gasteiger partial charge on any atom is -0.497 e. The van der Waals surface area contributed by atoms with Gasteiger partial charge in [0.05, 0.1) is 25.8 Å². The summed E-state index contributed by atoms with van der Waals surface area (Å²) in [6, 6.07) is 14.5. The maximum absolute atomic E-state index is 12.1. The minimum absolute atomic E-state index is 0.0268. The zero-order valence-electron chi connectivity index (χ0n) is 20.0. The SMILES string of the molecule is COc1cccc(CN=C(Nc2cccc(C(=O)O)c2)N2CCN(CC(=O)NC(C)C)CC2)c1. The van der Waals surface area contributed by atoms with Crippen molar-refractivity contribution in [2.75, 3.05) is 45.2 Å². The summed E-state index contributed by atoms with van der Waals surface area (Å²) in [6.45, 7) is 7.54. The third-order valence-electron chi connectivity index (χ3n) is 5.40. The first-order chi connectivity index (χ1) is 16.3. The Kier molecular flexibility index (Phi) is 8.86. The largest absolute Gasteiger partial charge is 0.497 e. The summed E-state index contributed by atoms with van der Waals surface area (Å²) in [4.78, 5) is 32.6. The molecule has 1 heterocycles. The van der Waals surface area contributed by atoms with Gasteiger partial charge in [-0.2, -0.15) is 0 Å². The molecule has 182 valence electrons. The highest BCUT2D eigenvalue weighted by Crippen LogP contribution is 2.16. The number of anilines is 1. The maximum Gasteiger partial charge on any atom is 0.335 e. The summed E-state index contributed by atoms with van der Waals surface area (Å²) in [5.74, 6) is 0.479. The van der Waals surface area contributed by atoms with Gasteiger partial charge in [0.1, 0.15) is 5.75 Å². The van der Waals surface area contributed by atoms with E-state index in [-0.39, 0.29) is 17.5 Å². The Bertz CT molecular complexity index is 1020. The molecular formula is C25H33N5O4. The van der Waals surface area contributed by atoms with Crippen molar-refractivity contribution >= 4 is 23.5 Å². The molecule has 0 saturated carbocycles. The van der Waals surface area contributed by atoms with Crippen LogP contribution < -0.4 is 15.4 Å². The molecule has 0 unspecified atom stereocenters. The monoisotopic (exact) mass is 467 g/mol. The van der Waals surface area contributed by atoms with Gasteiger partial charge in [-0.3, -0.25) is 9.69 Å². The molecule has 1 amide bonds. The first-order valence-corrected chi connectivity index (χ1v) is 11.4. The average molecular weight is 468 g/mol. The van der Waals surface area contributed by atoms with Gasteiger partial charge in [-0.25, -0.2) is 9.79 Å². The van der Waals surface area contributed by atoms with E-state index in [0.717, 1.165) is 24.4 Å². The van der Waals surface area contributed by atoms with Crippen LogP contribution in [0.5, 0.6) is 5.75 Å². The van der Waals surface area contributed by atoms with Crippen molar-refractivity contribution in [2.24, 2.45) is 4.99 Å². The predicted octanol–water partition coefficient (Wildman–Crippen LogP) is 2.50. The number of amides is 1. The fourth-order valence-electron chi connectivity index (χ4n) is 3.70. The maximum atomic E-state index is 12.1. The van der Waals surface area contributed by atoms with Crippen molar-refractivity contribution in [1.29, 1.82) is 0 Å². The molecule has 9 nitrogen and oxygen atoms in total. The second kappa shape index (κ2) is 12.0. The Morgan fingerprint density at radius 2 is 1.82 bits per heavy atom. The molecule has 1 saturated heterocycles. The Morgan fingerprint density at radius 1 is 1.09 bits per heavy atom. The molecule has 1 aliphatic rings. The summed E-state index contributed by atoms with van der Waals surface area (Å²) < 4.78 is 5.31. The number of carbonyl (C=O) groups is 2. The zero-order chi connectivity index (χ0) is 24.5. The number of benzene rings is 2. The number of carboxylic acids is 1. The highest BCUT2D eigenvalue weighted by atomic mass is 16.5. The molecule has 0 spiro atoms. The van der Waals surface area contributed by atoms with E-state index in [1.165, 1.54) is 0 Å². The molecule has 3 N–H and O–H groups in total. The number of nitrogens with one attached hydrogen (secondary N) is 2. The lowest BCUT2D eigenvalue weighted by atomic mass is 10.2. The Labute approximate surface area is 200 Å². The lowest BCUT2D eigenvalue weighted by molar-refractivity contribution is -0.123.